The number of rotatable bonds is 5. The third kappa shape index (κ3) is 4.25. The Labute approximate surface area is 102 Å². The van der Waals surface area contributed by atoms with Gasteiger partial charge in [-0.1, -0.05) is 19.1 Å². The third-order valence-electron chi connectivity index (χ3n) is 2.45. The minimum absolute atomic E-state index is 0.0243. The number of amides is 1. The maximum absolute atomic E-state index is 11.5. The lowest BCUT2D eigenvalue weighted by molar-refractivity contribution is -0.120. The van der Waals surface area contributed by atoms with Gasteiger partial charge in [-0.05, 0) is 31.2 Å². The molecule has 0 aromatic heterocycles. The zero-order chi connectivity index (χ0) is 12.7. The molecule has 1 amide bonds. The molecule has 0 aliphatic carbocycles. The van der Waals surface area contributed by atoms with E-state index < -0.39 is 0 Å². The summed E-state index contributed by atoms with van der Waals surface area (Å²) in [5.74, 6) is -0.0243. The highest BCUT2D eigenvalue weighted by molar-refractivity contribution is 5.78. The molecule has 4 heteroatoms. The molecular weight excluding hydrogens is 214 g/mol. The van der Waals surface area contributed by atoms with E-state index in [4.69, 9.17) is 5.26 Å². The maximum atomic E-state index is 11.5. The van der Waals surface area contributed by atoms with Crippen molar-refractivity contribution in [2.24, 2.45) is 0 Å². The lowest BCUT2D eigenvalue weighted by atomic mass is 10.1. The van der Waals surface area contributed by atoms with Gasteiger partial charge < -0.3 is 10.6 Å². The molecule has 0 heterocycles. The largest absolute Gasteiger partial charge is 0.348 e. The van der Waals surface area contributed by atoms with Gasteiger partial charge in [0.05, 0.1) is 24.2 Å². The molecule has 0 aliphatic heterocycles. The van der Waals surface area contributed by atoms with Gasteiger partial charge in [-0.3, -0.25) is 4.79 Å². The van der Waals surface area contributed by atoms with E-state index in [2.05, 4.69) is 16.7 Å². The summed E-state index contributed by atoms with van der Waals surface area (Å²) >= 11 is 0. The highest BCUT2D eigenvalue weighted by Crippen LogP contribution is 2.12. The molecule has 0 fully saturated rings. The Bertz CT molecular complexity index is 406. The zero-order valence-electron chi connectivity index (χ0n) is 10.2. The van der Waals surface area contributed by atoms with Crippen molar-refractivity contribution in [1.82, 2.24) is 10.6 Å². The van der Waals surface area contributed by atoms with E-state index in [1.807, 2.05) is 26.0 Å². The van der Waals surface area contributed by atoms with E-state index >= 15 is 0 Å². The Kier molecular flexibility index (Phi) is 5.18. The van der Waals surface area contributed by atoms with Crippen LogP contribution < -0.4 is 10.6 Å². The Morgan fingerprint density at radius 2 is 2.06 bits per heavy atom. The van der Waals surface area contributed by atoms with Gasteiger partial charge in [-0.25, -0.2) is 0 Å². The molecule has 1 rings (SSSR count). The first-order valence-electron chi connectivity index (χ1n) is 5.67. The van der Waals surface area contributed by atoms with Gasteiger partial charge in [0.15, 0.2) is 0 Å². The molecule has 0 bridgehead atoms. The quantitative estimate of drug-likeness (QED) is 0.803. The fraction of sp³-hybridized carbons (Fsp3) is 0.385. The smallest absolute Gasteiger partial charge is 0.234 e. The fourth-order valence-electron chi connectivity index (χ4n) is 1.46. The van der Waals surface area contributed by atoms with Crippen molar-refractivity contribution in [3.63, 3.8) is 0 Å². The van der Waals surface area contributed by atoms with Gasteiger partial charge in [0.25, 0.3) is 0 Å². The highest BCUT2D eigenvalue weighted by atomic mass is 16.1. The van der Waals surface area contributed by atoms with Crippen LogP contribution in [0.5, 0.6) is 0 Å². The van der Waals surface area contributed by atoms with E-state index in [9.17, 15) is 4.79 Å². The van der Waals surface area contributed by atoms with Crippen LogP contribution in [-0.2, 0) is 4.79 Å². The number of nitrogens with one attached hydrogen (secondary N) is 2. The third-order valence-corrected chi connectivity index (χ3v) is 2.45. The Balaban J connectivity index is 2.54. The molecule has 17 heavy (non-hydrogen) atoms. The first-order valence-corrected chi connectivity index (χ1v) is 5.67. The predicted octanol–water partition coefficient (Wildman–Crippen LogP) is 1.34. The van der Waals surface area contributed by atoms with Crippen LogP contribution in [0.3, 0.4) is 0 Å². The zero-order valence-corrected chi connectivity index (χ0v) is 10.2. The summed E-state index contributed by atoms with van der Waals surface area (Å²) in [6, 6.07) is 9.24. The highest BCUT2D eigenvalue weighted by Gasteiger charge is 2.08. The number of carbonyl (C=O) groups is 1. The maximum Gasteiger partial charge on any atom is 0.234 e. The molecule has 0 saturated heterocycles. The molecule has 1 atom stereocenters. The van der Waals surface area contributed by atoms with E-state index in [0.29, 0.717) is 12.1 Å². The minimum Gasteiger partial charge on any atom is -0.348 e. The second kappa shape index (κ2) is 6.66. The van der Waals surface area contributed by atoms with Crippen LogP contribution in [0, 0.1) is 11.3 Å². The van der Waals surface area contributed by atoms with Crippen molar-refractivity contribution in [2.75, 3.05) is 13.1 Å². The summed E-state index contributed by atoms with van der Waals surface area (Å²) in [6.45, 7) is 4.98. The molecule has 90 valence electrons. The van der Waals surface area contributed by atoms with Gasteiger partial charge >= 0.3 is 0 Å². The fourth-order valence-corrected chi connectivity index (χ4v) is 1.46. The average molecular weight is 231 g/mol. The van der Waals surface area contributed by atoms with Gasteiger partial charge in [0.2, 0.25) is 5.91 Å². The van der Waals surface area contributed by atoms with Crippen molar-refractivity contribution >= 4 is 5.91 Å². The SMILES string of the molecule is CCNCC(=O)NC(C)c1ccc(C#N)cc1. The molecule has 1 unspecified atom stereocenters. The lowest BCUT2D eigenvalue weighted by Gasteiger charge is -2.14. The van der Waals surface area contributed by atoms with Gasteiger partial charge in [-0.2, -0.15) is 5.26 Å². The summed E-state index contributed by atoms with van der Waals surface area (Å²) in [4.78, 5) is 11.5. The summed E-state index contributed by atoms with van der Waals surface area (Å²) in [5.41, 5.74) is 1.62. The van der Waals surface area contributed by atoms with Crippen LogP contribution in [0.4, 0.5) is 0 Å². The first-order chi connectivity index (χ1) is 8.17. The number of hydrogen-bond donors (Lipinski definition) is 2. The molecular formula is C13H17N3O. The van der Waals surface area contributed by atoms with E-state index in [1.165, 1.54) is 0 Å². The average Bonchev–Trinajstić information content (AvgIpc) is 2.36. The van der Waals surface area contributed by atoms with E-state index in [-0.39, 0.29) is 11.9 Å². The molecule has 0 saturated carbocycles. The molecule has 2 N–H and O–H groups in total. The van der Waals surface area contributed by atoms with Crippen molar-refractivity contribution in [3.8, 4) is 6.07 Å². The molecule has 0 radical (unpaired) electrons. The molecule has 4 nitrogen and oxygen atoms in total. The molecule has 0 spiro atoms. The first kappa shape index (κ1) is 13.2. The number of nitriles is 1. The summed E-state index contributed by atoms with van der Waals surface area (Å²) < 4.78 is 0. The van der Waals surface area contributed by atoms with Crippen molar-refractivity contribution < 1.29 is 4.79 Å². The number of nitrogens with zero attached hydrogens (tertiary/aromatic N) is 1. The molecule has 0 aliphatic rings. The van der Waals surface area contributed by atoms with Crippen LogP contribution in [-0.4, -0.2) is 19.0 Å². The lowest BCUT2D eigenvalue weighted by Crippen LogP contribution is -2.35. The van der Waals surface area contributed by atoms with E-state index in [0.717, 1.165) is 12.1 Å². The number of carbonyl (C=O) groups excluding carboxylic acids is 1. The summed E-state index contributed by atoms with van der Waals surface area (Å²) in [6.07, 6.45) is 0. The van der Waals surface area contributed by atoms with Gasteiger partial charge in [-0.15, -0.1) is 0 Å². The van der Waals surface area contributed by atoms with Crippen molar-refractivity contribution in [1.29, 1.82) is 5.26 Å². The van der Waals surface area contributed by atoms with Crippen LogP contribution >= 0.6 is 0 Å². The van der Waals surface area contributed by atoms with E-state index in [1.54, 1.807) is 12.1 Å². The minimum atomic E-state index is -0.0473. The number of benzene rings is 1. The summed E-state index contributed by atoms with van der Waals surface area (Å²) in [7, 11) is 0. The van der Waals surface area contributed by atoms with Crippen molar-refractivity contribution in [3.05, 3.63) is 35.4 Å². The monoisotopic (exact) mass is 231 g/mol. The Hall–Kier alpha value is -1.86. The standard InChI is InChI=1S/C13H17N3O/c1-3-15-9-13(17)16-10(2)12-6-4-11(8-14)5-7-12/h4-7,10,15H,3,9H2,1-2H3,(H,16,17). The Morgan fingerprint density at radius 1 is 1.41 bits per heavy atom. The van der Waals surface area contributed by atoms with Gasteiger partial charge in [0.1, 0.15) is 0 Å². The van der Waals surface area contributed by atoms with Crippen molar-refractivity contribution in [2.45, 2.75) is 19.9 Å². The van der Waals surface area contributed by atoms with Crippen LogP contribution in [0.25, 0.3) is 0 Å². The second-order valence-electron chi connectivity index (χ2n) is 3.80. The molecule has 1 aromatic rings. The van der Waals surface area contributed by atoms with Crippen LogP contribution in [0.2, 0.25) is 0 Å². The van der Waals surface area contributed by atoms with Crippen LogP contribution in [0.15, 0.2) is 24.3 Å². The normalized spacial score (nSPS) is 11.6. The summed E-state index contributed by atoms with van der Waals surface area (Å²) in [5, 5.41) is 14.5. The molecule has 1 aromatic carbocycles. The number of likely N-dealkylation sites (N-methyl/N-ethyl adjacent to an activating group) is 1. The topological polar surface area (TPSA) is 64.9 Å². The number of hydrogen-bond acceptors (Lipinski definition) is 3. The predicted molar refractivity (Wildman–Crippen MR) is 66.3 cm³/mol. The van der Waals surface area contributed by atoms with Gasteiger partial charge in [0, 0.05) is 0 Å². The van der Waals surface area contributed by atoms with Crippen LogP contribution in [0.1, 0.15) is 31.0 Å². The Morgan fingerprint density at radius 3 is 2.59 bits per heavy atom. The second-order valence-corrected chi connectivity index (χ2v) is 3.80.